The van der Waals surface area contributed by atoms with E-state index in [1.807, 2.05) is 17.8 Å². The van der Waals surface area contributed by atoms with Gasteiger partial charge in [-0.2, -0.15) is 13.2 Å². The number of amides is 2. The maximum atomic E-state index is 12.7. The van der Waals surface area contributed by atoms with E-state index in [4.69, 9.17) is 9.84 Å². The molecule has 0 radical (unpaired) electrons. The van der Waals surface area contributed by atoms with E-state index >= 15 is 0 Å². The number of aryl methyl sites for hydroxylation is 2. The number of carboxylic acid groups (broad SMARTS) is 1. The molecule has 4 aromatic rings. The predicted molar refractivity (Wildman–Crippen MR) is 175 cm³/mol. The molecule has 2 aliphatic rings. The fourth-order valence-electron chi connectivity index (χ4n) is 5.15. The number of rotatable bonds is 7. The number of imidazole rings is 1. The van der Waals surface area contributed by atoms with Crippen LogP contribution < -0.4 is 4.74 Å². The summed E-state index contributed by atoms with van der Waals surface area (Å²) in [6, 6.07) is 9.31. The third-order valence-corrected chi connectivity index (χ3v) is 10.8. The maximum absolute atomic E-state index is 12.7. The number of hydrogen-bond donors (Lipinski definition) is 1. The Morgan fingerprint density at radius 1 is 0.898 bits per heavy atom. The van der Waals surface area contributed by atoms with Crippen molar-refractivity contribution in [3.8, 4) is 5.75 Å². The molecule has 0 bridgehead atoms. The number of carbonyl (C=O) groups excluding carboxylic acids is 1. The van der Waals surface area contributed by atoms with Gasteiger partial charge >= 0.3 is 18.4 Å². The smallest absolute Gasteiger partial charge is 0.417 e. The van der Waals surface area contributed by atoms with Crippen LogP contribution in [0.5, 0.6) is 5.75 Å². The van der Waals surface area contributed by atoms with Crippen LogP contribution in [0.25, 0.3) is 0 Å². The van der Waals surface area contributed by atoms with E-state index in [1.165, 1.54) is 11.0 Å². The standard InChI is InChI=1S/C23H23F3N4O2S.C8H13N5O2S/c1-29-13-10-27-21(29)33-20-8-11-30(12-9-20)22(31)32-19-6-2-16(3-7-19)14-18-5-4-17(15-28-18)23(24,25)26;1-12-7(9-10-11-12)16-6-2-4-13(5-3-6)8(14)15/h2-7,10,13,15,20H,8-9,11-12,14H2,1H3;6H,2-5H2,1H3,(H,14,15). The lowest BCUT2D eigenvalue weighted by Crippen LogP contribution is -2.40. The van der Waals surface area contributed by atoms with Crippen molar-refractivity contribution in [3.63, 3.8) is 0 Å². The van der Waals surface area contributed by atoms with Crippen LogP contribution in [0.15, 0.2) is 65.3 Å². The molecule has 0 spiro atoms. The quantitative estimate of drug-likeness (QED) is 0.254. The first kappa shape index (κ1) is 36.0. The van der Waals surface area contributed by atoms with Crippen LogP contribution in [-0.2, 0) is 26.7 Å². The van der Waals surface area contributed by atoms with Crippen LogP contribution in [0.4, 0.5) is 22.8 Å². The molecular weight excluding hydrogens is 684 g/mol. The number of benzene rings is 1. The van der Waals surface area contributed by atoms with Gasteiger partial charge in [-0.15, -0.1) is 5.10 Å². The highest BCUT2D eigenvalue weighted by Crippen LogP contribution is 2.31. The monoisotopic (exact) mass is 719 g/mol. The molecule has 262 valence electrons. The van der Waals surface area contributed by atoms with E-state index in [2.05, 4.69) is 25.5 Å². The molecule has 49 heavy (non-hydrogen) atoms. The predicted octanol–water partition coefficient (Wildman–Crippen LogP) is 5.62. The number of halogens is 3. The van der Waals surface area contributed by atoms with Crippen molar-refractivity contribution in [2.45, 2.75) is 59.1 Å². The summed E-state index contributed by atoms with van der Waals surface area (Å²) in [5.41, 5.74) is 0.612. The summed E-state index contributed by atoms with van der Waals surface area (Å²) in [4.78, 5) is 34.6. The van der Waals surface area contributed by atoms with E-state index in [9.17, 15) is 22.8 Å². The number of hydrogen-bond acceptors (Lipinski definition) is 10. The number of ether oxygens (including phenoxy) is 1. The largest absolute Gasteiger partial charge is 0.465 e. The molecule has 0 atom stereocenters. The van der Waals surface area contributed by atoms with Crippen molar-refractivity contribution in [2.75, 3.05) is 26.2 Å². The Labute approximate surface area is 289 Å². The zero-order valence-corrected chi connectivity index (χ0v) is 28.5. The van der Waals surface area contributed by atoms with Crippen molar-refractivity contribution >= 4 is 35.7 Å². The average molecular weight is 720 g/mol. The second kappa shape index (κ2) is 16.4. The molecule has 5 heterocycles. The Bertz CT molecular complexity index is 1670. The van der Waals surface area contributed by atoms with Gasteiger partial charge in [-0.25, -0.2) is 19.3 Å². The van der Waals surface area contributed by atoms with Gasteiger partial charge in [0.25, 0.3) is 0 Å². The summed E-state index contributed by atoms with van der Waals surface area (Å²) in [5, 5.41) is 22.6. The van der Waals surface area contributed by atoms with Crippen molar-refractivity contribution in [1.29, 1.82) is 0 Å². The van der Waals surface area contributed by atoms with Crippen LogP contribution in [0.3, 0.4) is 0 Å². The van der Waals surface area contributed by atoms with Gasteiger partial charge in [0.15, 0.2) is 5.16 Å². The van der Waals surface area contributed by atoms with Crippen molar-refractivity contribution in [2.24, 2.45) is 14.1 Å². The summed E-state index contributed by atoms with van der Waals surface area (Å²) in [6.07, 6.45) is 2.74. The van der Waals surface area contributed by atoms with Crippen LogP contribution in [-0.4, -0.2) is 98.5 Å². The number of piperidine rings is 2. The van der Waals surface area contributed by atoms with Gasteiger partial charge in [0.05, 0.1) is 5.56 Å². The zero-order valence-electron chi connectivity index (χ0n) is 26.9. The molecule has 6 rings (SSSR count). The van der Waals surface area contributed by atoms with E-state index < -0.39 is 17.8 Å². The minimum absolute atomic E-state index is 0.382. The number of alkyl halides is 3. The van der Waals surface area contributed by atoms with Gasteiger partial charge in [-0.3, -0.25) is 4.98 Å². The number of likely N-dealkylation sites (tertiary alicyclic amines) is 2. The second-order valence-electron chi connectivity index (χ2n) is 11.5. The van der Waals surface area contributed by atoms with Gasteiger partial charge in [0.2, 0.25) is 5.16 Å². The lowest BCUT2D eigenvalue weighted by Gasteiger charge is -2.30. The summed E-state index contributed by atoms with van der Waals surface area (Å²) < 4.78 is 47.1. The topological polar surface area (TPSA) is 144 Å². The minimum Gasteiger partial charge on any atom is -0.465 e. The number of pyridine rings is 1. The first-order valence-electron chi connectivity index (χ1n) is 15.5. The molecule has 13 nitrogen and oxygen atoms in total. The summed E-state index contributed by atoms with van der Waals surface area (Å²) >= 11 is 3.35. The molecule has 1 N–H and O–H groups in total. The van der Waals surface area contributed by atoms with E-state index in [-0.39, 0.29) is 6.09 Å². The maximum Gasteiger partial charge on any atom is 0.417 e. The highest BCUT2D eigenvalue weighted by molar-refractivity contribution is 8.00. The Morgan fingerprint density at radius 3 is 2.04 bits per heavy atom. The molecule has 0 unspecified atom stereocenters. The SMILES string of the molecule is Cn1ccnc1SC1CCN(C(=O)Oc2ccc(Cc3ccc(C(F)(F)F)cn3)cc2)CC1.Cn1nnnc1SC1CCN(C(=O)O)CC1. The third-order valence-electron chi connectivity index (χ3n) is 7.98. The summed E-state index contributed by atoms with van der Waals surface area (Å²) in [7, 11) is 3.77. The lowest BCUT2D eigenvalue weighted by molar-refractivity contribution is -0.137. The number of tetrazole rings is 1. The van der Waals surface area contributed by atoms with E-state index in [0.29, 0.717) is 54.5 Å². The molecule has 2 amide bonds. The molecular formula is C31H36F3N9O4S2. The second-order valence-corrected chi connectivity index (χ2v) is 14.1. The van der Waals surface area contributed by atoms with Crippen molar-refractivity contribution in [1.82, 2.24) is 44.5 Å². The number of thioether (sulfide) groups is 2. The molecule has 2 saturated heterocycles. The third kappa shape index (κ3) is 10.3. The van der Waals surface area contributed by atoms with Gasteiger partial charge < -0.3 is 24.2 Å². The summed E-state index contributed by atoms with van der Waals surface area (Å²) in [5.74, 6) is 0.425. The van der Waals surface area contributed by atoms with Gasteiger partial charge in [-0.1, -0.05) is 35.7 Å². The number of aromatic nitrogens is 7. The van der Waals surface area contributed by atoms with Crippen LogP contribution in [0.1, 0.15) is 42.5 Å². The molecule has 18 heteroatoms. The van der Waals surface area contributed by atoms with Crippen molar-refractivity contribution < 1.29 is 32.6 Å². The fourth-order valence-corrected chi connectivity index (χ4v) is 7.26. The highest BCUT2D eigenvalue weighted by Gasteiger charge is 2.31. The Morgan fingerprint density at radius 2 is 1.53 bits per heavy atom. The van der Waals surface area contributed by atoms with Gasteiger partial charge in [-0.05, 0) is 65.9 Å². The van der Waals surface area contributed by atoms with Gasteiger partial charge in [0, 0.05) is 81.5 Å². The number of carbonyl (C=O) groups is 2. The fraction of sp³-hybridized carbons (Fsp3) is 0.452. The minimum atomic E-state index is -4.40. The van der Waals surface area contributed by atoms with Crippen molar-refractivity contribution in [3.05, 3.63) is 71.8 Å². The normalized spacial score (nSPS) is 15.9. The van der Waals surface area contributed by atoms with Crippen LogP contribution in [0, 0.1) is 0 Å². The molecule has 2 fully saturated rings. The first-order chi connectivity index (χ1) is 23.4. The zero-order chi connectivity index (χ0) is 35.0. The van der Waals surface area contributed by atoms with Crippen LogP contribution in [0.2, 0.25) is 0 Å². The highest BCUT2D eigenvalue weighted by atomic mass is 32.2. The van der Waals surface area contributed by atoms with Gasteiger partial charge in [0.1, 0.15) is 5.75 Å². The first-order valence-corrected chi connectivity index (χ1v) is 17.3. The molecule has 1 aromatic carbocycles. The molecule has 0 aliphatic carbocycles. The average Bonchev–Trinajstić information content (AvgIpc) is 3.69. The Hall–Kier alpha value is -4.32. The Kier molecular flexibility index (Phi) is 12.0. The lowest BCUT2D eigenvalue weighted by atomic mass is 10.1. The van der Waals surface area contributed by atoms with E-state index in [0.717, 1.165) is 53.8 Å². The molecule has 3 aromatic heterocycles. The number of nitrogens with zero attached hydrogens (tertiary/aromatic N) is 9. The Balaban J connectivity index is 0.000000244. The summed E-state index contributed by atoms with van der Waals surface area (Å²) in [6.45, 7) is 2.44. The molecule has 2 aliphatic heterocycles. The molecule has 0 saturated carbocycles. The van der Waals surface area contributed by atoms with E-state index in [1.54, 1.807) is 70.6 Å². The van der Waals surface area contributed by atoms with Crippen LogP contribution >= 0.6 is 23.5 Å².